The summed E-state index contributed by atoms with van der Waals surface area (Å²) in [6, 6.07) is 5.13. The van der Waals surface area contributed by atoms with Gasteiger partial charge in [0.2, 0.25) is 0 Å². The van der Waals surface area contributed by atoms with Crippen LogP contribution in [0.2, 0.25) is 0 Å². The van der Waals surface area contributed by atoms with Gasteiger partial charge in [-0.05, 0) is 43.4 Å². The average Bonchev–Trinajstić information content (AvgIpc) is 3.13. The Hall–Kier alpha value is -3.04. The lowest BCUT2D eigenvalue weighted by molar-refractivity contribution is 0.102. The zero-order valence-electron chi connectivity index (χ0n) is 17.0. The van der Waals surface area contributed by atoms with Crippen LogP contribution < -0.4 is 15.5 Å². The van der Waals surface area contributed by atoms with Crippen molar-refractivity contribution in [2.75, 3.05) is 29.9 Å². The molecule has 1 saturated heterocycles. The molecule has 6 rings (SSSR count). The van der Waals surface area contributed by atoms with Crippen molar-refractivity contribution in [3.05, 3.63) is 53.0 Å². The molecular formula is C22H21FN6OS. The molecule has 4 heterocycles. The third kappa shape index (κ3) is 3.16. The van der Waals surface area contributed by atoms with Crippen molar-refractivity contribution >= 4 is 45.4 Å². The zero-order chi connectivity index (χ0) is 21.2. The van der Waals surface area contributed by atoms with E-state index in [1.165, 1.54) is 30.4 Å². The van der Waals surface area contributed by atoms with Crippen LogP contribution in [0.5, 0.6) is 0 Å². The van der Waals surface area contributed by atoms with Gasteiger partial charge in [-0.3, -0.25) is 4.79 Å². The van der Waals surface area contributed by atoms with Crippen molar-refractivity contribution in [1.29, 1.82) is 0 Å². The van der Waals surface area contributed by atoms with E-state index in [9.17, 15) is 9.18 Å². The number of hydrogen-bond donors (Lipinski definition) is 2. The van der Waals surface area contributed by atoms with Gasteiger partial charge in [-0.15, -0.1) is 0 Å². The fourth-order valence-electron chi connectivity index (χ4n) is 4.50. The number of aromatic nitrogens is 3. The number of rotatable bonds is 3. The van der Waals surface area contributed by atoms with Crippen molar-refractivity contribution in [2.24, 2.45) is 0 Å². The quantitative estimate of drug-likeness (QED) is 0.514. The molecule has 4 aromatic rings. The fraction of sp³-hybridized carbons (Fsp3) is 0.318. The van der Waals surface area contributed by atoms with E-state index in [-0.39, 0.29) is 17.1 Å². The Morgan fingerprint density at radius 3 is 3.03 bits per heavy atom. The van der Waals surface area contributed by atoms with Crippen LogP contribution in [0, 0.1) is 12.7 Å². The van der Waals surface area contributed by atoms with E-state index in [0.717, 1.165) is 30.7 Å². The Morgan fingerprint density at radius 1 is 1.32 bits per heavy atom. The Balaban J connectivity index is 1.32. The lowest BCUT2D eigenvalue weighted by Gasteiger charge is -2.36. The number of hydrogen-bond acceptors (Lipinski definition) is 6. The molecule has 1 saturated carbocycles. The molecule has 1 aromatic carbocycles. The summed E-state index contributed by atoms with van der Waals surface area (Å²) in [5, 5.41) is 9.44. The predicted molar refractivity (Wildman–Crippen MR) is 120 cm³/mol. The van der Waals surface area contributed by atoms with Crippen LogP contribution in [0.4, 0.5) is 15.8 Å². The van der Waals surface area contributed by atoms with Gasteiger partial charge in [0.1, 0.15) is 0 Å². The maximum atomic E-state index is 14.4. The van der Waals surface area contributed by atoms with Crippen LogP contribution in [0.25, 0.3) is 16.6 Å². The van der Waals surface area contributed by atoms with E-state index < -0.39 is 5.82 Å². The first-order valence-corrected chi connectivity index (χ1v) is 11.2. The van der Waals surface area contributed by atoms with Gasteiger partial charge in [-0.1, -0.05) is 0 Å². The third-order valence-corrected chi connectivity index (χ3v) is 6.84. The number of carbonyl (C=O) groups is 1. The maximum Gasteiger partial charge on any atom is 0.257 e. The van der Waals surface area contributed by atoms with Crippen molar-refractivity contribution in [3.8, 4) is 0 Å². The number of nitrogens with one attached hydrogen (secondary N) is 2. The van der Waals surface area contributed by atoms with E-state index in [4.69, 9.17) is 0 Å². The SMILES string of the molecule is Cc1cn2cc(NC(=O)c3ccc(N4CCNC5(CC5)C4)c4csnc34)cc(F)c2n1. The topological polar surface area (TPSA) is 74.6 Å². The number of fused-ring (bicyclic) bond motifs is 2. The lowest BCUT2D eigenvalue weighted by atomic mass is 10.1. The van der Waals surface area contributed by atoms with Crippen LogP contribution in [0.15, 0.2) is 36.0 Å². The molecule has 31 heavy (non-hydrogen) atoms. The number of pyridine rings is 1. The fourth-order valence-corrected chi connectivity index (χ4v) is 5.19. The average molecular weight is 437 g/mol. The molecule has 2 aliphatic rings. The molecule has 1 aliphatic heterocycles. The van der Waals surface area contributed by atoms with E-state index >= 15 is 0 Å². The highest BCUT2D eigenvalue weighted by Gasteiger charge is 2.45. The van der Waals surface area contributed by atoms with Gasteiger partial charge in [0.15, 0.2) is 11.5 Å². The molecule has 0 radical (unpaired) electrons. The predicted octanol–water partition coefficient (Wildman–Crippen LogP) is 3.59. The van der Waals surface area contributed by atoms with E-state index in [0.29, 0.717) is 22.5 Å². The van der Waals surface area contributed by atoms with Crippen LogP contribution in [0.3, 0.4) is 0 Å². The van der Waals surface area contributed by atoms with E-state index in [2.05, 4.69) is 24.9 Å². The number of carbonyl (C=O) groups excluding carboxylic acids is 1. The summed E-state index contributed by atoms with van der Waals surface area (Å²) in [4.78, 5) is 19.6. The van der Waals surface area contributed by atoms with E-state index in [1.54, 1.807) is 23.7 Å². The number of imidazole rings is 1. The Bertz CT molecular complexity index is 1340. The summed E-state index contributed by atoms with van der Waals surface area (Å²) >= 11 is 1.35. The molecule has 0 bridgehead atoms. The van der Waals surface area contributed by atoms with Crippen LogP contribution in [-0.2, 0) is 0 Å². The molecule has 1 amide bonds. The summed E-state index contributed by atoms with van der Waals surface area (Å²) < 4.78 is 20.5. The van der Waals surface area contributed by atoms with Gasteiger partial charge in [-0.25, -0.2) is 9.37 Å². The first-order chi connectivity index (χ1) is 15.0. The Morgan fingerprint density at radius 2 is 2.19 bits per heavy atom. The van der Waals surface area contributed by atoms with E-state index in [1.807, 2.05) is 17.5 Å². The second-order valence-corrected chi connectivity index (χ2v) is 9.11. The highest BCUT2D eigenvalue weighted by Crippen LogP contribution is 2.40. The van der Waals surface area contributed by atoms with Gasteiger partial charge in [0.05, 0.1) is 22.5 Å². The third-order valence-electron chi connectivity index (χ3n) is 6.21. The minimum Gasteiger partial charge on any atom is -0.368 e. The second-order valence-electron chi connectivity index (χ2n) is 8.48. The van der Waals surface area contributed by atoms with Gasteiger partial charge in [0, 0.05) is 60.1 Å². The van der Waals surface area contributed by atoms with Gasteiger partial charge in [-0.2, -0.15) is 4.37 Å². The molecule has 158 valence electrons. The maximum absolute atomic E-state index is 14.4. The number of aryl methyl sites for hydroxylation is 1. The highest BCUT2D eigenvalue weighted by molar-refractivity contribution is 7.05. The van der Waals surface area contributed by atoms with Crippen molar-refractivity contribution < 1.29 is 9.18 Å². The smallest absolute Gasteiger partial charge is 0.257 e. The van der Waals surface area contributed by atoms with Crippen molar-refractivity contribution in [1.82, 2.24) is 19.1 Å². The van der Waals surface area contributed by atoms with Gasteiger partial charge in [0.25, 0.3) is 5.91 Å². The molecule has 7 nitrogen and oxygen atoms in total. The second kappa shape index (κ2) is 6.73. The molecule has 1 spiro atoms. The number of nitrogens with zero attached hydrogens (tertiary/aromatic N) is 4. The molecule has 2 fully saturated rings. The summed E-state index contributed by atoms with van der Waals surface area (Å²) in [6.45, 7) is 4.67. The summed E-state index contributed by atoms with van der Waals surface area (Å²) in [5.74, 6) is -0.787. The summed E-state index contributed by atoms with van der Waals surface area (Å²) in [6.07, 6.45) is 5.82. The van der Waals surface area contributed by atoms with Gasteiger partial charge >= 0.3 is 0 Å². The first kappa shape index (κ1) is 18.7. The molecule has 0 atom stereocenters. The zero-order valence-corrected chi connectivity index (χ0v) is 17.8. The monoisotopic (exact) mass is 436 g/mol. The Kier molecular flexibility index (Phi) is 4.06. The highest BCUT2D eigenvalue weighted by atomic mass is 32.1. The number of piperazine rings is 1. The lowest BCUT2D eigenvalue weighted by Crippen LogP contribution is -2.52. The minimum absolute atomic E-state index is 0.242. The van der Waals surface area contributed by atoms with Crippen LogP contribution >= 0.6 is 11.5 Å². The van der Waals surface area contributed by atoms with Crippen LogP contribution in [-0.4, -0.2) is 44.8 Å². The standard InChI is InChI=1S/C22H21FN6OS/c1-13-9-29-10-14(8-17(23)20(29)25-13)26-21(30)15-2-3-18(16-11-31-27-19(15)16)28-7-6-24-22(12-28)4-5-22/h2-3,8-11,24H,4-7,12H2,1H3,(H,26,30). The van der Waals surface area contributed by atoms with Crippen LogP contribution in [0.1, 0.15) is 28.9 Å². The molecular weight excluding hydrogens is 415 g/mol. The summed E-state index contributed by atoms with van der Waals surface area (Å²) in [5.41, 5.74) is 3.88. The number of anilines is 2. The minimum atomic E-state index is -0.479. The number of benzene rings is 1. The first-order valence-electron chi connectivity index (χ1n) is 10.3. The Labute approximate surface area is 182 Å². The molecule has 3 aromatic heterocycles. The van der Waals surface area contributed by atoms with Crippen molar-refractivity contribution in [3.63, 3.8) is 0 Å². The molecule has 0 unspecified atom stereocenters. The largest absolute Gasteiger partial charge is 0.368 e. The normalized spacial score (nSPS) is 17.5. The van der Waals surface area contributed by atoms with Gasteiger partial charge < -0.3 is 19.9 Å². The molecule has 2 N–H and O–H groups in total. The summed E-state index contributed by atoms with van der Waals surface area (Å²) in [7, 11) is 0. The molecule has 9 heteroatoms. The molecule has 1 aliphatic carbocycles. The number of halogens is 1. The number of amides is 1. The van der Waals surface area contributed by atoms with Crippen molar-refractivity contribution in [2.45, 2.75) is 25.3 Å².